The van der Waals surface area contributed by atoms with E-state index in [9.17, 15) is 12.8 Å². The summed E-state index contributed by atoms with van der Waals surface area (Å²) < 4.78 is 42.9. The summed E-state index contributed by atoms with van der Waals surface area (Å²) in [6, 6.07) is 14.1. The average Bonchev–Trinajstić information content (AvgIpc) is 3.38. The van der Waals surface area contributed by atoms with Crippen LogP contribution in [0.1, 0.15) is 36.2 Å². The number of nitrogens with zero attached hydrogens (tertiary/aromatic N) is 3. The van der Waals surface area contributed by atoms with Crippen molar-refractivity contribution in [3.05, 3.63) is 65.7 Å². The monoisotopic (exact) mass is 385 g/mol. The van der Waals surface area contributed by atoms with Gasteiger partial charge in [0.25, 0.3) is 0 Å². The van der Waals surface area contributed by atoms with Crippen molar-refractivity contribution in [2.75, 3.05) is 13.1 Å². The Hall–Kier alpha value is -2.25. The first-order valence-electron chi connectivity index (χ1n) is 9.21. The van der Waals surface area contributed by atoms with Gasteiger partial charge in [0, 0.05) is 24.6 Å². The van der Waals surface area contributed by atoms with Crippen LogP contribution < -0.4 is 0 Å². The van der Waals surface area contributed by atoms with Crippen molar-refractivity contribution in [3.63, 3.8) is 0 Å². The van der Waals surface area contributed by atoms with Crippen LogP contribution in [0.3, 0.4) is 0 Å². The largest absolute Gasteiger partial charge is 0.322 e. The first-order chi connectivity index (χ1) is 13.0. The van der Waals surface area contributed by atoms with Gasteiger partial charge in [0.1, 0.15) is 11.6 Å². The number of fused-ring (bicyclic) bond motifs is 1. The van der Waals surface area contributed by atoms with Gasteiger partial charge in [-0.3, -0.25) is 0 Å². The van der Waals surface area contributed by atoms with Gasteiger partial charge >= 0.3 is 0 Å². The zero-order valence-electron chi connectivity index (χ0n) is 14.8. The normalized spacial score (nSPS) is 18.7. The van der Waals surface area contributed by atoms with Crippen LogP contribution in [0.5, 0.6) is 0 Å². The molecule has 1 saturated heterocycles. The Labute approximate surface area is 157 Å². The van der Waals surface area contributed by atoms with Gasteiger partial charge in [-0.15, -0.1) is 0 Å². The number of para-hydroxylation sites is 2. The van der Waals surface area contributed by atoms with Crippen LogP contribution in [0.15, 0.2) is 48.5 Å². The highest BCUT2D eigenvalue weighted by atomic mass is 32.2. The molecule has 1 aliphatic carbocycles. The summed E-state index contributed by atoms with van der Waals surface area (Å²) in [7, 11) is -3.53. The maximum Gasteiger partial charge on any atom is 0.218 e. The smallest absolute Gasteiger partial charge is 0.218 e. The fourth-order valence-corrected chi connectivity index (χ4v) is 5.39. The lowest BCUT2D eigenvalue weighted by Gasteiger charge is -2.39. The lowest BCUT2D eigenvalue weighted by molar-refractivity contribution is 0.204. The molecule has 1 aromatic heterocycles. The minimum Gasteiger partial charge on any atom is -0.322 e. The van der Waals surface area contributed by atoms with E-state index >= 15 is 0 Å². The van der Waals surface area contributed by atoms with Gasteiger partial charge in [-0.1, -0.05) is 30.3 Å². The molecule has 2 fully saturated rings. The zero-order chi connectivity index (χ0) is 18.6. The minimum absolute atomic E-state index is 0.0865. The number of imidazole rings is 1. The predicted octanol–water partition coefficient (Wildman–Crippen LogP) is 3.44. The van der Waals surface area contributed by atoms with Crippen molar-refractivity contribution in [1.29, 1.82) is 0 Å². The number of hydrogen-bond acceptors (Lipinski definition) is 3. The summed E-state index contributed by atoms with van der Waals surface area (Å²) in [4.78, 5) is 4.79. The average molecular weight is 385 g/mol. The molecule has 0 N–H and O–H groups in total. The second kappa shape index (κ2) is 6.14. The Balaban J connectivity index is 1.39. The van der Waals surface area contributed by atoms with Crippen LogP contribution in [0.4, 0.5) is 4.39 Å². The molecule has 1 aliphatic heterocycles. The maximum atomic E-state index is 13.8. The summed E-state index contributed by atoms with van der Waals surface area (Å²) in [5.74, 6) is 0.788. The predicted molar refractivity (Wildman–Crippen MR) is 101 cm³/mol. The molecule has 0 amide bonds. The van der Waals surface area contributed by atoms with E-state index in [2.05, 4.69) is 4.57 Å². The summed E-state index contributed by atoms with van der Waals surface area (Å²) >= 11 is 0. The summed E-state index contributed by atoms with van der Waals surface area (Å²) in [5, 5.41) is 0. The first-order valence-corrected chi connectivity index (χ1v) is 10.8. The van der Waals surface area contributed by atoms with Crippen molar-refractivity contribution >= 4 is 21.1 Å². The molecule has 0 bridgehead atoms. The van der Waals surface area contributed by atoms with Gasteiger partial charge < -0.3 is 4.57 Å². The van der Waals surface area contributed by atoms with Gasteiger partial charge in [0.05, 0.1) is 22.8 Å². The van der Waals surface area contributed by atoms with Crippen molar-refractivity contribution in [2.24, 2.45) is 0 Å². The van der Waals surface area contributed by atoms with Crippen molar-refractivity contribution < 1.29 is 12.8 Å². The lowest BCUT2D eigenvalue weighted by Crippen LogP contribution is -2.51. The molecule has 2 heterocycles. The summed E-state index contributed by atoms with van der Waals surface area (Å²) in [6.07, 6.45) is 2.29. The van der Waals surface area contributed by atoms with E-state index < -0.39 is 15.8 Å². The highest BCUT2D eigenvalue weighted by Gasteiger charge is 2.40. The minimum atomic E-state index is -3.53. The summed E-state index contributed by atoms with van der Waals surface area (Å²) in [5.41, 5.74) is 2.25. The number of hydrogen-bond donors (Lipinski definition) is 0. The lowest BCUT2D eigenvalue weighted by atomic mass is 10.1. The van der Waals surface area contributed by atoms with E-state index in [0.717, 1.165) is 29.7 Å². The Kier molecular flexibility index (Phi) is 3.84. The van der Waals surface area contributed by atoms with Gasteiger partial charge in [0.15, 0.2) is 0 Å². The molecule has 0 atom stereocenters. The Bertz CT molecular complexity index is 1120. The molecule has 0 radical (unpaired) electrons. The molecule has 140 valence electrons. The van der Waals surface area contributed by atoms with E-state index in [1.54, 1.807) is 12.1 Å². The van der Waals surface area contributed by atoms with Gasteiger partial charge in [0.2, 0.25) is 10.0 Å². The zero-order valence-corrected chi connectivity index (χ0v) is 15.6. The molecule has 5 rings (SSSR count). The van der Waals surface area contributed by atoms with Crippen LogP contribution in [0.2, 0.25) is 0 Å². The van der Waals surface area contributed by atoms with Crippen molar-refractivity contribution in [2.45, 2.75) is 30.6 Å². The molecule has 1 saturated carbocycles. The highest BCUT2D eigenvalue weighted by molar-refractivity contribution is 7.88. The van der Waals surface area contributed by atoms with E-state index in [0.29, 0.717) is 19.0 Å². The van der Waals surface area contributed by atoms with Gasteiger partial charge in [-0.05, 0) is 31.0 Å². The second-order valence-corrected chi connectivity index (χ2v) is 9.39. The van der Waals surface area contributed by atoms with Crippen LogP contribution in [-0.4, -0.2) is 35.4 Å². The molecule has 7 heteroatoms. The van der Waals surface area contributed by atoms with Gasteiger partial charge in [-0.25, -0.2) is 17.8 Å². The molecular weight excluding hydrogens is 365 g/mol. The molecule has 2 aromatic carbocycles. The third-order valence-corrected chi connectivity index (χ3v) is 7.21. The van der Waals surface area contributed by atoms with Gasteiger partial charge in [-0.2, -0.15) is 4.31 Å². The molecule has 0 spiro atoms. The first kappa shape index (κ1) is 16.9. The highest BCUT2D eigenvalue weighted by Crippen LogP contribution is 2.43. The third-order valence-electron chi connectivity index (χ3n) is 5.45. The molecule has 2 aliphatic rings. The SMILES string of the molecule is O=S(=O)(Cc1ccccc1F)N1CC(n2c(C3CC3)nc3ccccc32)C1. The molecule has 3 aromatic rings. The quantitative estimate of drug-likeness (QED) is 0.676. The molecule has 27 heavy (non-hydrogen) atoms. The number of benzene rings is 2. The Morgan fingerprint density at radius 1 is 1.04 bits per heavy atom. The number of aromatic nitrogens is 2. The van der Waals surface area contributed by atoms with Crippen LogP contribution >= 0.6 is 0 Å². The van der Waals surface area contributed by atoms with E-state index in [1.165, 1.54) is 16.4 Å². The van der Waals surface area contributed by atoms with Crippen molar-refractivity contribution in [1.82, 2.24) is 13.9 Å². The fourth-order valence-electron chi connectivity index (χ4n) is 3.79. The Morgan fingerprint density at radius 2 is 1.74 bits per heavy atom. The second-order valence-electron chi connectivity index (χ2n) is 7.42. The van der Waals surface area contributed by atoms with Crippen LogP contribution in [0.25, 0.3) is 11.0 Å². The topological polar surface area (TPSA) is 55.2 Å². The van der Waals surface area contributed by atoms with E-state index in [1.807, 2.05) is 24.3 Å². The van der Waals surface area contributed by atoms with Crippen LogP contribution in [-0.2, 0) is 15.8 Å². The third kappa shape index (κ3) is 2.95. The van der Waals surface area contributed by atoms with Crippen molar-refractivity contribution in [3.8, 4) is 0 Å². The Morgan fingerprint density at radius 3 is 2.48 bits per heavy atom. The van der Waals surface area contributed by atoms with Crippen LogP contribution in [0, 0.1) is 5.82 Å². The maximum absolute atomic E-state index is 13.8. The summed E-state index contributed by atoms with van der Waals surface area (Å²) in [6.45, 7) is 0.827. The number of sulfonamides is 1. The molecule has 5 nitrogen and oxygen atoms in total. The molecule has 0 unspecified atom stereocenters. The van der Waals surface area contributed by atoms with E-state index in [4.69, 9.17) is 4.98 Å². The number of rotatable bonds is 5. The standard InChI is InChI=1S/C20H20FN3O2S/c21-17-6-2-1-5-15(17)13-27(25,26)23-11-16(12-23)24-19-8-4-3-7-18(19)22-20(24)14-9-10-14/h1-8,14,16H,9-13H2. The molecular formula is C20H20FN3O2S. The fraction of sp³-hybridized carbons (Fsp3) is 0.350. The number of halogens is 1. The van der Waals surface area contributed by atoms with E-state index in [-0.39, 0.29) is 17.4 Å².